The fourth-order valence-electron chi connectivity index (χ4n) is 1.89. The third-order valence-corrected chi connectivity index (χ3v) is 2.60. The minimum atomic E-state index is -0.327. The van der Waals surface area contributed by atoms with Gasteiger partial charge in [-0.25, -0.2) is 0 Å². The van der Waals surface area contributed by atoms with Gasteiger partial charge in [-0.15, -0.1) is 0 Å². The highest BCUT2D eigenvalue weighted by atomic mass is 16.3. The van der Waals surface area contributed by atoms with Gasteiger partial charge in [0.1, 0.15) is 0 Å². The molecular weight excluding hydrogens is 216 g/mol. The number of aromatic nitrogens is 2. The van der Waals surface area contributed by atoms with Crippen LogP contribution in [-0.4, -0.2) is 53.1 Å². The topological polar surface area (TPSA) is 53.3 Å². The number of aliphatic hydroxyl groups excluding tert-OH is 1. The Kier molecular flexibility index (Phi) is 5.61. The van der Waals surface area contributed by atoms with Gasteiger partial charge in [-0.2, -0.15) is 5.10 Å². The van der Waals surface area contributed by atoms with E-state index in [-0.39, 0.29) is 6.10 Å². The number of aliphatic hydroxyl groups is 1. The summed E-state index contributed by atoms with van der Waals surface area (Å²) >= 11 is 0. The van der Waals surface area contributed by atoms with Gasteiger partial charge in [0.15, 0.2) is 0 Å². The number of aryl methyl sites for hydroxylation is 2. The molecule has 0 amide bonds. The van der Waals surface area contributed by atoms with Gasteiger partial charge in [-0.1, -0.05) is 6.92 Å². The highest BCUT2D eigenvalue weighted by molar-refractivity contribution is 5.16. The molecule has 1 unspecified atom stereocenters. The Bertz CT molecular complexity index is 335. The van der Waals surface area contributed by atoms with Gasteiger partial charge in [0.25, 0.3) is 0 Å². The molecule has 1 aromatic rings. The molecule has 5 nitrogen and oxygen atoms in total. The van der Waals surface area contributed by atoms with Gasteiger partial charge >= 0.3 is 0 Å². The molecule has 1 atom stereocenters. The van der Waals surface area contributed by atoms with Gasteiger partial charge in [-0.3, -0.25) is 4.68 Å². The first-order valence-corrected chi connectivity index (χ1v) is 6.07. The van der Waals surface area contributed by atoms with Crippen molar-refractivity contribution in [3.05, 3.63) is 17.5 Å². The molecule has 98 valence electrons. The van der Waals surface area contributed by atoms with Crippen LogP contribution in [0.5, 0.6) is 0 Å². The van der Waals surface area contributed by atoms with Crippen molar-refractivity contribution in [3.8, 4) is 0 Å². The number of likely N-dealkylation sites (N-methyl/N-ethyl adjacent to an activating group) is 1. The van der Waals surface area contributed by atoms with E-state index in [0.29, 0.717) is 13.1 Å². The molecule has 1 heterocycles. The number of nitrogens with one attached hydrogen (secondary N) is 1. The fourth-order valence-corrected chi connectivity index (χ4v) is 1.89. The molecule has 0 saturated heterocycles. The Balaban J connectivity index is 2.35. The first kappa shape index (κ1) is 14.2. The number of hydrogen-bond donors (Lipinski definition) is 2. The molecule has 1 rings (SSSR count). The van der Waals surface area contributed by atoms with Crippen LogP contribution < -0.4 is 5.32 Å². The van der Waals surface area contributed by atoms with Crippen molar-refractivity contribution in [3.63, 3.8) is 0 Å². The molecule has 2 N–H and O–H groups in total. The Hall–Kier alpha value is -0.910. The third kappa shape index (κ3) is 4.85. The van der Waals surface area contributed by atoms with Crippen LogP contribution in [-0.2, 0) is 20.0 Å². The van der Waals surface area contributed by atoms with E-state index in [1.807, 2.05) is 36.9 Å². The number of nitrogens with zero attached hydrogens (tertiary/aromatic N) is 3. The van der Waals surface area contributed by atoms with E-state index in [1.54, 1.807) is 0 Å². The Labute approximate surface area is 103 Å². The van der Waals surface area contributed by atoms with Crippen LogP contribution in [0.2, 0.25) is 0 Å². The van der Waals surface area contributed by atoms with Crippen LogP contribution >= 0.6 is 0 Å². The van der Waals surface area contributed by atoms with Crippen LogP contribution in [0.15, 0.2) is 6.20 Å². The van der Waals surface area contributed by atoms with Crippen LogP contribution in [0.3, 0.4) is 0 Å². The van der Waals surface area contributed by atoms with Crippen LogP contribution in [0.4, 0.5) is 0 Å². The van der Waals surface area contributed by atoms with Gasteiger partial charge in [-0.05, 0) is 20.5 Å². The summed E-state index contributed by atoms with van der Waals surface area (Å²) in [5.41, 5.74) is 2.34. The zero-order valence-corrected chi connectivity index (χ0v) is 11.3. The lowest BCUT2D eigenvalue weighted by molar-refractivity contribution is 0.134. The molecule has 0 radical (unpaired) electrons. The summed E-state index contributed by atoms with van der Waals surface area (Å²) < 4.78 is 1.84. The standard InChI is InChI=1S/C12H24N4O/c1-5-12-10(8-16(4)14-12)6-13-7-11(17)9-15(2)3/h8,11,13,17H,5-7,9H2,1-4H3. The van der Waals surface area contributed by atoms with Crippen LogP contribution in [0, 0.1) is 0 Å². The van der Waals surface area contributed by atoms with E-state index in [9.17, 15) is 5.11 Å². The van der Waals surface area contributed by atoms with Crippen molar-refractivity contribution < 1.29 is 5.11 Å². The Morgan fingerprint density at radius 2 is 2.24 bits per heavy atom. The summed E-state index contributed by atoms with van der Waals surface area (Å²) in [4.78, 5) is 1.98. The lowest BCUT2D eigenvalue weighted by atomic mass is 10.2. The second kappa shape index (κ2) is 6.74. The normalized spacial score (nSPS) is 13.3. The molecule has 0 saturated carbocycles. The number of hydrogen-bond acceptors (Lipinski definition) is 4. The molecular formula is C12H24N4O. The maximum absolute atomic E-state index is 9.70. The van der Waals surface area contributed by atoms with Crippen molar-refractivity contribution in [2.24, 2.45) is 7.05 Å². The van der Waals surface area contributed by atoms with E-state index in [0.717, 1.165) is 18.7 Å². The van der Waals surface area contributed by atoms with Crippen LogP contribution in [0.25, 0.3) is 0 Å². The molecule has 0 spiro atoms. The molecule has 5 heteroatoms. The Morgan fingerprint density at radius 3 is 2.82 bits per heavy atom. The van der Waals surface area contributed by atoms with Gasteiger partial charge in [0.2, 0.25) is 0 Å². The fraction of sp³-hybridized carbons (Fsp3) is 0.750. The monoisotopic (exact) mass is 240 g/mol. The maximum Gasteiger partial charge on any atom is 0.0791 e. The molecule has 0 aliphatic carbocycles. The van der Waals surface area contributed by atoms with Crippen molar-refractivity contribution in [1.29, 1.82) is 0 Å². The molecule has 0 bridgehead atoms. The predicted octanol–water partition coefficient (Wildman–Crippen LogP) is -0.00540. The first-order valence-electron chi connectivity index (χ1n) is 6.07. The molecule has 0 fully saturated rings. The zero-order valence-electron chi connectivity index (χ0n) is 11.3. The average molecular weight is 240 g/mol. The van der Waals surface area contributed by atoms with Gasteiger partial charge < -0.3 is 15.3 Å². The largest absolute Gasteiger partial charge is 0.390 e. The second-order valence-electron chi connectivity index (χ2n) is 4.68. The summed E-state index contributed by atoms with van der Waals surface area (Å²) in [5.74, 6) is 0. The van der Waals surface area contributed by atoms with Crippen LogP contribution in [0.1, 0.15) is 18.2 Å². The molecule has 0 aliphatic rings. The SMILES string of the molecule is CCc1nn(C)cc1CNCC(O)CN(C)C. The molecule has 1 aromatic heterocycles. The lowest BCUT2D eigenvalue weighted by Gasteiger charge is -2.16. The van der Waals surface area contributed by atoms with E-state index in [1.165, 1.54) is 5.56 Å². The van der Waals surface area contributed by atoms with E-state index in [4.69, 9.17) is 0 Å². The summed E-state index contributed by atoms with van der Waals surface area (Å²) in [6.45, 7) is 4.16. The van der Waals surface area contributed by atoms with E-state index >= 15 is 0 Å². The van der Waals surface area contributed by atoms with E-state index in [2.05, 4.69) is 17.3 Å². The van der Waals surface area contributed by atoms with Crippen molar-refractivity contribution in [2.75, 3.05) is 27.2 Å². The minimum Gasteiger partial charge on any atom is -0.390 e. The summed E-state index contributed by atoms with van der Waals surface area (Å²) in [5, 5.41) is 17.4. The lowest BCUT2D eigenvalue weighted by Crippen LogP contribution is -2.34. The maximum atomic E-state index is 9.70. The summed E-state index contributed by atoms with van der Waals surface area (Å²) in [6.07, 6.45) is 2.65. The zero-order chi connectivity index (χ0) is 12.8. The summed E-state index contributed by atoms with van der Waals surface area (Å²) in [6, 6.07) is 0. The quantitative estimate of drug-likeness (QED) is 0.704. The summed E-state index contributed by atoms with van der Waals surface area (Å²) in [7, 11) is 5.85. The Morgan fingerprint density at radius 1 is 1.53 bits per heavy atom. The highest BCUT2D eigenvalue weighted by Gasteiger charge is 2.08. The first-order chi connectivity index (χ1) is 8.02. The van der Waals surface area contributed by atoms with E-state index < -0.39 is 0 Å². The second-order valence-corrected chi connectivity index (χ2v) is 4.68. The van der Waals surface area contributed by atoms with Crippen molar-refractivity contribution in [1.82, 2.24) is 20.0 Å². The molecule has 0 aromatic carbocycles. The smallest absolute Gasteiger partial charge is 0.0791 e. The predicted molar refractivity (Wildman–Crippen MR) is 68.9 cm³/mol. The van der Waals surface area contributed by atoms with Crippen molar-refractivity contribution in [2.45, 2.75) is 26.0 Å². The molecule has 17 heavy (non-hydrogen) atoms. The third-order valence-electron chi connectivity index (χ3n) is 2.60. The van der Waals surface area contributed by atoms with Gasteiger partial charge in [0, 0.05) is 38.4 Å². The molecule has 0 aliphatic heterocycles. The highest BCUT2D eigenvalue weighted by Crippen LogP contribution is 2.06. The van der Waals surface area contributed by atoms with Crippen molar-refractivity contribution >= 4 is 0 Å². The minimum absolute atomic E-state index is 0.327. The number of rotatable bonds is 7. The van der Waals surface area contributed by atoms with Gasteiger partial charge in [0.05, 0.1) is 11.8 Å². The average Bonchev–Trinajstić information content (AvgIpc) is 2.57.